The molecule has 0 radical (unpaired) electrons. The highest BCUT2D eigenvalue weighted by Gasteiger charge is 2.57. The van der Waals surface area contributed by atoms with Crippen LogP contribution >= 0.6 is 11.6 Å². The summed E-state index contributed by atoms with van der Waals surface area (Å²) in [4.78, 5) is 0. The zero-order valence-electron chi connectivity index (χ0n) is 29.0. The van der Waals surface area contributed by atoms with Gasteiger partial charge in [-0.3, -0.25) is 0 Å². The first-order valence-corrected chi connectivity index (χ1v) is 18.1. The lowest BCUT2D eigenvalue weighted by atomic mass is 9.84. The van der Waals surface area contributed by atoms with E-state index in [0.717, 1.165) is 68.9 Å². The number of hydrogen-bond donors (Lipinski definition) is 1. The molecule has 6 nitrogen and oxygen atoms in total. The Morgan fingerprint density at radius 2 is 1.37 bits per heavy atom. The van der Waals surface area contributed by atoms with Crippen LogP contribution in [0.5, 0.6) is 0 Å². The summed E-state index contributed by atoms with van der Waals surface area (Å²) in [6.45, 7) is 17.2. The number of ether oxygens (including phenoxy) is 5. The topological polar surface area (TPSA) is 66.4 Å². The maximum absolute atomic E-state index is 12.9. The van der Waals surface area contributed by atoms with E-state index in [0.29, 0.717) is 49.0 Å². The highest BCUT2D eigenvalue weighted by Crippen LogP contribution is 2.43. The van der Waals surface area contributed by atoms with E-state index in [1.165, 1.54) is 5.56 Å². The highest BCUT2D eigenvalue weighted by molar-refractivity contribution is 6.31. The Morgan fingerprint density at radius 3 is 1.96 bits per heavy atom. The van der Waals surface area contributed by atoms with E-state index in [2.05, 4.69) is 65.5 Å². The molecule has 1 aliphatic rings. The van der Waals surface area contributed by atoms with Crippen molar-refractivity contribution in [2.24, 2.45) is 0 Å². The molecule has 1 heterocycles. The molecule has 0 spiro atoms. The van der Waals surface area contributed by atoms with Crippen molar-refractivity contribution < 1.29 is 28.8 Å². The summed E-state index contributed by atoms with van der Waals surface area (Å²) in [5, 5.41) is 13.5. The van der Waals surface area contributed by atoms with Crippen LogP contribution in [0.1, 0.15) is 114 Å². The summed E-state index contributed by atoms with van der Waals surface area (Å²) in [5.74, 6) is -1.87. The van der Waals surface area contributed by atoms with Gasteiger partial charge in [0.1, 0.15) is 24.4 Å². The molecule has 258 valence electrons. The smallest absolute Gasteiger partial charge is 0.223 e. The Morgan fingerprint density at radius 1 is 0.804 bits per heavy atom. The highest BCUT2D eigenvalue weighted by atomic mass is 35.5. The summed E-state index contributed by atoms with van der Waals surface area (Å²) in [5.41, 5.74) is 4.55. The summed E-state index contributed by atoms with van der Waals surface area (Å²) in [7, 11) is 0. The first kappa shape index (κ1) is 38.7. The van der Waals surface area contributed by atoms with E-state index in [-0.39, 0.29) is 6.61 Å². The molecule has 0 saturated carbocycles. The van der Waals surface area contributed by atoms with E-state index in [4.69, 9.17) is 35.3 Å². The molecule has 0 aromatic heterocycles. The number of hydrogen-bond acceptors (Lipinski definition) is 6. The lowest BCUT2D eigenvalue weighted by Crippen LogP contribution is -2.66. The minimum absolute atomic E-state index is 0.266. The van der Waals surface area contributed by atoms with E-state index < -0.39 is 30.2 Å². The van der Waals surface area contributed by atoms with Gasteiger partial charge in [-0.1, -0.05) is 109 Å². The van der Waals surface area contributed by atoms with Crippen LogP contribution in [0.3, 0.4) is 0 Å². The largest absolute Gasteiger partial charge is 0.379 e. The summed E-state index contributed by atoms with van der Waals surface area (Å²) >= 11 is 6.88. The summed E-state index contributed by atoms with van der Waals surface area (Å²) < 4.78 is 32.7. The van der Waals surface area contributed by atoms with Crippen LogP contribution in [-0.2, 0) is 42.3 Å². The Labute approximate surface area is 283 Å². The number of aliphatic hydroxyl groups is 1. The van der Waals surface area contributed by atoms with Gasteiger partial charge in [-0.05, 0) is 72.9 Å². The van der Waals surface area contributed by atoms with Gasteiger partial charge in [-0.15, -0.1) is 0 Å². The molecule has 0 amide bonds. The van der Waals surface area contributed by atoms with Crippen molar-refractivity contribution in [3.05, 3.63) is 75.8 Å². The molecule has 1 fully saturated rings. The van der Waals surface area contributed by atoms with Gasteiger partial charge in [0, 0.05) is 37.0 Å². The molecule has 1 N–H and O–H groups in total. The number of halogens is 1. The van der Waals surface area contributed by atoms with Crippen LogP contribution in [0.15, 0.2) is 43.0 Å². The molecule has 0 unspecified atom stereocenters. The van der Waals surface area contributed by atoms with Crippen molar-refractivity contribution in [2.75, 3.05) is 33.0 Å². The molecular formula is C39H59ClO6. The fourth-order valence-corrected chi connectivity index (χ4v) is 6.04. The van der Waals surface area contributed by atoms with Crippen molar-refractivity contribution in [3.8, 4) is 0 Å². The fourth-order valence-electron chi connectivity index (χ4n) is 5.80. The molecule has 2 aromatic rings. The first-order chi connectivity index (χ1) is 22.4. The second-order valence-electron chi connectivity index (χ2n) is 12.4. The van der Waals surface area contributed by atoms with Crippen LogP contribution in [-0.4, -0.2) is 62.6 Å². The van der Waals surface area contributed by atoms with Gasteiger partial charge in [-0.25, -0.2) is 0 Å². The maximum Gasteiger partial charge on any atom is 0.223 e. The quantitative estimate of drug-likeness (QED) is 0.127. The predicted octanol–water partition coefficient (Wildman–Crippen LogP) is 9.05. The van der Waals surface area contributed by atoms with Crippen molar-refractivity contribution in [1.29, 1.82) is 0 Å². The van der Waals surface area contributed by atoms with Gasteiger partial charge in [0.2, 0.25) is 5.79 Å². The van der Waals surface area contributed by atoms with Crippen molar-refractivity contribution in [3.63, 3.8) is 0 Å². The second-order valence-corrected chi connectivity index (χ2v) is 12.8. The zero-order valence-corrected chi connectivity index (χ0v) is 29.8. The molecule has 5 atom stereocenters. The van der Waals surface area contributed by atoms with Crippen molar-refractivity contribution in [2.45, 2.75) is 129 Å². The third kappa shape index (κ3) is 10.6. The second kappa shape index (κ2) is 20.6. The summed E-state index contributed by atoms with van der Waals surface area (Å²) in [6, 6.07) is 12.4. The molecule has 3 rings (SSSR count). The Hall–Kier alpha value is -1.77. The third-order valence-corrected chi connectivity index (χ3v) is 9.04. The monoisotopic (exact) mass is 658 g/mol. The van der Waals surface area contributed by atoms with E-state index in [1.807, 2.05) is 12.1 Å². The lowest BCUT2D eigenvalue weighted by Gasteiger charge is -2.51. The molecule has 1 aliphatic heterocycles. The van der Waals surface area contributed by atoms with Crippen LogP contribution in [0, 0.1) is 0 Å². The molecule has 7 heteroatoms. The summed E-state index contributed by atoms with van der Waals surface area (Å²) in [6.07, 6.45) is 8.35. The molecule has 0 aliphatic carbocycles. The first-order valence-electron chi connectivity index (χ1n) is 17.7. The SMILES string of the molecule is C=Cc1cc(Cl)c(Cc2ccc(CC)cc2)cc1[C@]1(O)O[C@H](COCCCC)[C@@H](OCCCC)[C@H](OCCCC)[C@H]1OCCCC. The van der Waals surface area contributed by atoms with Gasteiger partial charge in [0.25, 0.3) is 0 Å². The number of benzene rings is 2. The van der Waals surface area contributed by atoms with Crippen LogP contribution in [0.4, 0.5) is 0 Å². The number of aryl methyl sites for hydroxylation is 1. The minimum atomic E-state index is -1.87. The molecule has 46 heavy (non-hydrogen) atoms. The fraction of sp³-hybridized carbons (Fsp3) is 0.641. The lowest BCUT2D eigenvalue weighted by molar-refractivity contribution is -0.375. The third-order valence-electron chi connectivity index (χ3n) is 8.69. The Balaban J connectivity index is 2.14. The number of unbranched alkanes of at least 4 members (excludes halogenated alkanes) is 4. The normalized spacial score (nSPS) is 23.1. The minimum Gasteiger partial charge on any atom is -0.379 e. The van der Waals surface area contributed by atoms with Crippen molar-refractivity contribution >= 4 is 17.7 Å². The Kier molecular flexibility index (Phi) is 17.3. The maximum atomic E-state index is 12.9. The van der Waals surface area contributed by atoms with Crippen LogP contribution in [0.2, 0.25) is 5.02 Å². The van der Waals surface area contributed by atoms with E-state index in [1.54, 1.807) is 6.08 Å². The predicted molar refractivity (Wildman–Crippen MR) is 189 cm³/mol. The molecular weight excluding hydrogens is 600 g/mol. The van der Waals surface area contributed by atoms with Crippen molar-refractivity contribution in [1.82, 2.24) is 0 Å². The van der Waals surface area contributed by atoms with Gasteiger partial charge < -0.3 is 28.8 Å². The van der Waals surface area contributed by atoms with E-state index >= 15 is 0 Å². The van der Waals surface area contributed by atoms with Crippen LogP contribution < -0.4 is 0 Å². The van der Waals surface area contributed by atoms with Gasteiger partial charge in [0.05, 0.1) is 6.61 Å². The van der Waals surface area contributed by atoms with E-state index in [9.17, 15) is 5.11 Å². The standard InChI is InChI=1S/C39H59ClO6/c1-7-13-21-42-28-35-36(43-22-14-8-2)37(44-23-15-9-3)38(45-24-16-10-4)39(41,46-35)33-26-32(34(40)27-31(33)12-6)25-30-19-17-29(11-5)18-20-30/h12,17-20,26-27,35-38,41H,6-11,13-16,21-25,28H2,1-5H3/t35-,36-,37+,38-,39+/m1/s1. The molecule has 0 bridgehead atoms. The average molecular weight is 659 g/mol. The van der Waals surface area contributed by atoms with Gasteiger partial charge in [0.15, 0.2) is 0 Å². The molecule has 2 aromatic carbocycles. The number of rotatable bonds is 22. The van der Waals surface area contributed by atoms with Gasteiger partial charge >= 0.3 is 0 Å². The Bertz CT molecular complexity index is 1150. The van der Waals surface area contributed by atoms with Crippen LogP contribution in [0.25, 0.3) is 6.08 Å². The van der Waals surface area contributed by atoms with Gasteiger partial charge in [-0.2, -0.15) is 0 Å². The average Bonchev–Trinajstić information content (AvgIpc) is 3.06. The molecule has 1 saturated heterocycles. The zero-order chi connectivity index (χ0) is 33.4.